The van der Waals surface area contributed by atoms with Gasteiger partial charge in [0.15, 0.2) is 0 Å². The second-order valence-electron chi connectivity index (χ2n) is 4.54. The molecule has 0 aromatic rings. The van der Waals surface area contributed by atoms with E-state index in [1.807, 2.05) is 0 Å². The van der Waals surface area contributed by atoms with Crippen molar-refractivity contribution >= 4 is 10.5 Å². The Balaban J connectivity index is 4.21. The molecule has 0 rings (SSSR count). The van der Waals surface area contributed by atoms with E-state index in [0.29, 0.717) is 5.41 Å². The van der Waals surface area contributed by atoms with Crippen molar-refractivity contribution in [3.8, 4) is 0 Å². The van der Waals surface area contributed by atoms with Gasteiger partial charge in [-0.25, -0.2) is 0 Å². The average molecular weight is 216 g/mol. The normalized spacial score (nSPS) is 12.2. The highest BCUT2D eigenvalue weighted by molar-refractivity contribution is 5.97. The number of hydrogen-bond donors (Lipinski definition) is 0. The highest BCUT2D eigenvalue weighted by Gasteiger charge is 2.27. The third-order valence-electron chi connectivity index (χ3n) is 3.07. The van der Waals surface area contributed by atoms with Crippen molar-refractivity contribution in [3.63, 3.8) is 0 Å². The van der Waals surface area contributed by atoms with Crippen LogP contribution in [0.15, 0.2) is 0 Å². The highest BCUT2D eigenvalue weighted by atomic mass is 28.2. The highest BCUT2D eigenvalue weighted by Crippen LogP contribution is 2.35. The summed E-state index contributed by atoms with van der Waals surface area (Å²) in [5.41, 5.74) is 0.515. The summed E-state index contributed by atoms with van der Waals surface area (Å²) >= 11 is 0. The summed E-state index contributed by atoms with van der Waals surface area (Å²) in [7, 11) is 0.893. The maximum Gasteiger partial charge on any atom is 0.145 e. The average Bonchev–Trinajstić information content (AvgIpc) is 2.16. The lowest BCUT2D eigenvalue weighted by molar-refractivity contribution is 0.113. The molecule has 14 heavy (non-hydrogen) atoms. The second kappa shape index (κ2) is 8.48. The fraction of sp³-hybridized carbons (Fsp3) is 1.00. The molecule has 0 bridgehead atoms. The minimum Gasteiger partial charge on any atom is -0.427 e. The minimum absolute atomic E-state index is 0.515. The Morgan fingerprint density at radius 3 is 1.86 bits per heavy atom. The monoisotopic (exact) mass is 216 g/mol. The first-order valence-corrected chi connectivity index (χ1v) is 7.05. The largest absolute Gasteiger partial charge is 0.427 e. The van der Waals surface area contributed by atoms with E-state index < -0.39 is 0 Å². The minimum atomic E-state index is 0.515. The van der Waals surface area contributed by atoms with Crippen molar-refractivity contribution in [2.45, 2.75) is 65.7 Å². The van der Waals surface area contributed by atoms with Crippen molar-refractivity contribution in [1.29, 1.82) is 0 Å². The molecule has 0 aromatic carbocycles. The van der Waals surface area contributed by atoms with Crippen LogP contribution in [0.2, 0.25) is 0 Å². The van der Waals surface area contributed by atoms with E-state index in [0.717, 1.165) is 17.1 Å². The van der Waals surface area contributed by atoms with Gasteiger partial charge < -0.3 is 4.43 Å². The van der Waals surface area contributed by atoms with Crippen molar-refractivity contribution in [2.24, 2.45) is 5.41 Å². The van der Waals surface area contributed by atoms with Gasteiger partial charge in [-0.2, -0.15) is 0 Å². The standard InChI is InChI=1S/C12H28OSi/c1-4-7-10-12(8-5-2,9-6-3)11-13-14/h4-11H2,1-3,14H3. The second-order valence-corrected chi connectivity index (χ2v) is 5.11. The lowest BCUT2D eigenvalue weighted by atomic mass is 9.76. The summed E-state index contributed by atoms with van der Waals surface area (Å²) in [6, 6.07) is 0. The van der Waals surface area contributed by atoms with E-state index in [1.54, 1.807) is 0 Å². The summed E-state index contributed by atoms with van der Waals surface area (Å²) < 4.78 is 5.55. The van der Waals surface area contributed by atoms with Crippen LogP contribution in [0, 0.1) is 5.41 Å². The lowest BCUT2D eigenvalue weighted by Crippen LogP contribution is -2.26. The van der Waals surface area contributed by atoms with Crippen LogP contribution in [0.1, 0.15) is 65.7 Å². The third kappa shape index (κ3) is 5.16. The quantitative estimate of drug-likeness (QED) is 0.538. The van der Waals surface area contributed by atoms with Gasteiger partial charge >= 0.3 is 0 Å². The molecule has 0 saturated heterocycles. The predicted octanol–water partition coefficient (Wildman–Crippen LogP) is 3.06. The zero-order chi connectivity index (χ0) is 10.9. The maximum absolute atomic E-state index is 5.55. The van der Waals surface area contributed by atoms with Gasteiger partial charge in [0.05, 0.1) is 0 Å². The molecule has 0 N–H and O–H groups in total. The molecular weight excluding hydrogens is 188 g/mol. The molecule has 0 aliphatic carbocycles. The molecule has 0 aromatic heterocycles. The molecule has 0 aliphatic heterocycles. The Morgan fingerprint density at radius 1 is 0.929 bits per heavy atom. The molecule has 2 heteroatoms. The van der Waals surface area contributed by atoms with Crippen LogP contribution in [-0.2, 0) is 4.43 Å². The molecule has 0 saturated carbocycles. The van der Waals surface area contributed by atoms with Crippen LogP contribution in [0.5, 0.6) is 0 Å². The van der Waals surface area contributed by atoms with Gasteiger partial charge in [0.2, 0.25) is 0 Å². The van der Waals surface area contributed by atoms with Gasteiger partial charge in [0, 0.05) is 6.61 Å². The van der Waals surface area contributed by atoms with Crippen molar-refractivity contribution in [1.82, 2.24) is 0 Å². The van der Waals surface area contributed by atoms with Crippen LogP contribution in [0.25, 0.3) is 0 Å². The zero-order valence-electron chi connectivity index (χ0n) is 10.6. The fourth-order valence-electron chi connectivity index (χ4n) is 2.51. The number of unbranched alkanes of at least 4 members (excludes halogenated alkanes) is 1. The van der Waals surface area contributed by atoms with Crippen molar-refractivity contribution in [3.05, 3.63) is 0 Å². The zero-order valence-corrected chi connectivity index (χ0v) is 12.6. The molecule has 0 heterocycles. The topological polar surface area (TPSA) is 9.23 Å². The Hall–Kier alpha value is 0.177. The van der Waals surface area contributed by atoms with Gasteiger partial charge in [0.25, 0.3) is 0 Å². The predicted molar refractivity (Wildman–Crippen MR) is 67.7 cm³/mol. The van der Waals surface area contributed by atoms with Crippen LogP contribution in [0.3, 0.4) is 0 Å². The van der Waals surface area contributed by atoms with E-state index in [4.69, 9.17) is 4.43 Å². The molecular formula is C12H28OSi. The Labute approximate surface area is 93.2 Å². The van der Waals surface area contributed by atoms with Gasteiger partial charge in [-0.15, -0.1) is 0 Å². The summed E-state index contributed by atoms with van der Waals surface area (Å²) in [4.78, 5) is 0. The summed E-state index contributed by atoms with van der Waals surface area (Å²) in [5.74, 6) is 0. The van der Waals surface area contributed by atoms with Gasteiger partial charge in [0.1, 0.15) is 10.5 Å². The van der Waals surface area contributed by atoms with Gasteiger partial charge in [-0.3, -0.25) is 0 Å². The Morgan fingerprint density at radius 2 is 1.50 bits per heavy atom. The van der Waals surface area contributed by atoms with E-state index in [2.05, 4.69) is 20.8 Å². The number of rotatable bonds is 9. The van der Waals surface area contributed by atoms with Crippen LogP contribution < -0.4 is 0 Å². The third-order valence-corrected chi connectivity index (χ3v) is 3.36. The van der Waals surface area contributed by atoms with Gasteiger partial charge in [-0.05, 0) is 24.7 Å². The SMILES string of the molecule is CCCCC(CCC)(CCC)CO[SiH3]. The molecule has 0 unspecified atom stereocenters. The van der Waals surface area contributed by atoms with Crippen LogP contribution >= 0.6 is 0 Å². The van der Waals surface area contributed by atoms with E-state index >= 15 is 0 Å². The fourth-order valence-corrected chi connectivity index (χ4v) is 3.12. The molecule has 0 atom stereocenters. The van der Waals surface area contributed by atoms with E-state index in [9.17, 15) is 0 Å². The number of hydrogen-bond acceptors (Lipinski definition) is 1. The maximum atomic E-state index is 5.55. The molecule has 0 aliphatic rings. The first kappa shape index (κ1) is 14.2. The molecule has 0 spiro atoms. The summed E-state index contributed by atoms with van der Waals surface area (Å²) in [6.07, 6.45) is 9.35. The van der Waals surface area contributed by atoms with Crippen LogP contribution in [0.4, 0.5) is 0 Å². The summed E-state index contributed by atoms with van der Waals surface area (Å²) in [6.45, 7) is 7.89. The lowest BCUT2D eigenvalue weighted by Gasteiger charge is -2.33. The summed E-state index contributed by atoms with van der Waals surface area (Å²) in [5, 5.41) is 0. The van der Waals surface area contributed by atoms with E-state index in [-0.39, 0.29) is 0 Å². The van der Waals surface area contributed by atoms with E-state index in [1.165, 1.54) is 44.9 Å². The molecule has 86 valence electrons. The van der Waals surface area contributed by atoms with Crippen LogP contribution in [-0.4, -0.2) is 17.1 Å². The van der Waals surface area contributed by atoms with Crippen molar-refractivity contribution < 1.29 is 4.43 Å². The van der Waals surface area contributed by atoms with Gasteiger partial charge in [-0.1, -0.05) is 46.5 Å². The first-order chi connectivity index (χ1) is 6.74. The molecule has 0 fully saturated rings. The smallest absolute Gasteiger partial charge is 0.145 e. The van der Waals surface area contributed by atoms with Crippen molar-refractivity contribution in [2.75, 3.05) is 6.61 Å². The first-order valence-electron chi connectivity index (χ1n) is 6.23. The molecule has 1 nitrogen and oxygen atoms in total. The Kier molecular flexibility index (Phi) is 8.59. The Bertz CT molecular complexity index is 108. The molecule has 0 amide bonds. The molecule has 0 radical (unpaired) electrons.